The Hall–Kier alpha value is -0.0800. The van der Waals surface area contributed by atoms with E-state index < -0.39 is 12.2 Å². The molecule has 2 heteroatoms. The van der Waals surface area contributed by atoms with Gasteiger partial charge in [0.25, 0.3) is 0 Å². The molecule has 0 unspecified atom stereocenters. The first-order valence-corrected chi connectivity index (χ1v) is 3.37. The molecular formula is C7H14O2. The second kappa shape index (κ2) is 1.96. The lowest BCUT2D eigenvalue weighted by Crippen LogP contribution is -2.17. The first-order valence-electron chi connectivity index (χ1n) is 3.37. The predicted octanol–water partition coefficient (Wildman–Crippen LogP) is 0.528. The molecule has 2 nitrogen and oxygen atoms in total. The minimum atomic E-state index is -0.486. The van der Waals surface area contributed by atoms with E-state index >= 15 is 0 Å². The molecule has 0 radical (unpaired) electrons. The van der Waals surface area contributed by atoms with Crippen LogP contribution >= 0.6 is 0 Å². The van der Waals surface area contributed by atoms with Crippen LogP contribution in [0.25, 0.3) is 0 Å². The molecule has 54 valence electrons. The van der Waals surface area contributed by atoms with E-state index in [0.717, 1.165) is 12.8 Å². The van der Waals surface area contributed by atoms with Gasteiger partial charge in [-0.3, -0.25) is 0 Å². The molecule has 9 heavy (non-hydrogen) atoms. The summed E-state index contributed by atoms with van der Waals surface area (Å²) in [5, 5.41) is 18.2. The summed E-state index contributed by atoms with van der Waals surface area (Å²) in [4.78, 5) is 0. The molecule has 0 aromatic carbocycles. The Labute approximate surface area is 55.5 Å². The van der Waals surface area contributed by atoms with Gasteiger partial charge in [-0.15, -0.1) is 0 Å². The van der Waals surface area contributed by atoms with E-state index in [4.69, 9.17) is 10.2 Å². The molecule has 2 atom stereocenters. The van der Waals surface area contributed by atoms with Crippen LogP contribution < -0.4 is 0 Å². The Morgan fingerprint density at radius 1 is 1.11 bits per heavy atom. The van der Waals surface area contributed by atoms with E-state index in [0.29, 0.717) is 0 Å². The van der Waals surface area contributed by atoms with Crippen LogP contribution in [0.1, 0.15) is 26.7 Å². The normalized spacial score (nSPS) is 41.3. The molecule has 1 aliphatic rings. The summed E-state index contributed by atoms with van der Waals surface area (Å²) in [5.74, 6) is 0. The van der Waals surface area contributed by atoms with E-state index in [2.05, 4.69) is 13.8 Å². The molecule has 0 aliphatic heterocycles. The Bertz CT molecular complexity index is 97.5. The lowest BCUT2D eigenvalue weighted by atomic mass is 9.92. The molecule has 0 aromatic heterocycles. The monoisotopic (exact) mass is 130 g/mol. The summed E-state index contributed by atoms with van der Waals surface area (Å²) < 4.78 is 0. The lowest BCUT2D eigenvalue weighted by Gasteiger charge is -2.14. The quantitative estimate of drug-likeness (QED) is 0.502. The van der Waals surface area contributed by atoms with E-state index in [-0.39, 0.29) is 5.41 Å². The molecule has 0 saturated heterocycles. The molecule has 0 bridgehead atoms. The highest BCUT2D eigenvalue weighted by atomic mass is 16.3. The minimum absolute atomic E-state index is 0.138. The van der Waals surface area contributed by atoms with Gasteiger partial charge in [-0.1, -0.05) is 13.8 Å². The molecule has 1 aliphatic carbocycles. The van der Waals surface area contributed by atoms with Crippen molar-refractivity contribution in [3.8, 4) is 0 Å². The second-order valence-corrected chi connectivity index (χ2v) is 3.71. The van der Waals surface area contributed by atoms with Crippen LogP contribution in [0.3, 0.4) is 0 Å². The maximum absolute atomic E-state index is 9.08. The zero-order chi connectivity index (χ0) is 7.07. The van der Waals surface area contributed by atoms with E-state index in [9.17, 15) is 0 Å². The smallest absolute Gasteiger partial charge is 0.0804 e. The van der Waals surface area contributed by atoms with Gasteiger partial charge in [-0.25, -0.2) is 0 Å². The third-order valence-corrected chi connectivity index (χ3v) is 1.97. The van der Waals surface area contributed by atoms with Crippen molar-refractivity contribution in [3.63, 3.8) is 0 Å². The lowest BCUT2D eigenvalue weighted by molar-refractivity contribution is 0.0438. The highest BCUT2D eigenvalue weighted by Gasteiger charge is 2.36. The van der Waals surface area contributed by atoms with Gasteiger partial charge in [0.05, 0.1) is 12.2 Å². The maximum atomic E-state index is 9.08. The van der Waals surface area contributed by atoms with E-state index in [1.165, 1.54) is 0 Å². The number of aliphatic hydroxyl groups excluding tert-OH is 2. The average molecular weight is 130 g/mol. The van der Waals surface area contributed by atoms with Crippen LogP contribution in [-0.2, 0) is 0 Å². The van der Waals surface area contributed by atoms with E-state index in [1.54, 1.807) is 0 Å². The van der Waals surface area contributed by atoms with Gasteiger partial charge < -0.3 is 10.2 Å². The summed E-state index contributed by atoms with van der Waals surface area (Å²) in [5.41, 5.74) is 0.138. The molecule has 2 N–H and O–H groups in total. The van der Waals surface area contributed by atoms with Crippen molar-refractivity contribution in [2.75, 3.05) is 0 Å². The van der Waals surface area contributed by atoms with Crippen LogP contribution in [0.5, 0.6) is 0 Å². The van der Waals surface area contributed by atoms with Gasteiger partial charge in [-0.05, 0) is 18.3 Å². The summed E-state index contributed by atoms with van der Waals surface area (Å²) >= 11 is 0. The van der Waals surface area contributed by atoms with Crippen LogP contribution in [0.2, 0.25) is 0 Å². The standard InChI is InChI=1S/C7H14O2/c1-7(2)3-5(8)6(9)4-7/h5-6,8-9H,3-4H2,1-2H3/t5-,6-/m0/s1. The van der Waals surface area contributed by atoms with Crippen molar-refractivity contribution in [2.45, 2.75) is 38.9 Å². The van der Waals surface area contributed by atoms with Crippen LogP contribution in [0, 0.1) is 5.41 Å². The fourth-order valence-electron chi connectivity index (χ4n) is 1.49. The topological polar surface area (TPSA) is 40.5 Å². The number of hydrogen-bond acceptors (Lipinski definition) is 2. The van der Waals surface area contributed by atoms with Crippen molar-refractivity contribution in [3.05, 3.63) is 0 Å². The zero-order valence-electron chi connectivity index (χ0n) is 5.96. The fourth-order valence-corrected chi connectivity index (χ4v) is 1.49. The Morgan fingerprint density at radius 3 is 1.56 bits per heavy atom. The molecule has 0 amide bonds. The Morgan fingerprint density at radius 2 is 1.44 bits per heavy atom. The molecule has 0 aromatic rings. The van der Waals surface area contributed by atoms with Crippen LogP contribution in [-0.4, -0.2) is 22.4 Å². The highest BCUT2D eigenvalue weighted by molar-refractivity contribution is 4.88. The number of rotatable bonds is 0. The maximum Gasteiger partial charge on any atom is 0.0804 e. The van der Waals surface area contributed by atoms with Crippen LogP contribution in [0.15, 0.2) is 0 Å². The van der Waals surface area contributed by atoms with Gasteiger partial charge in [-0.2, -0.15) is 0 Å². The summed E-state index contributed by atoms with van der Waals surface area (Å²) in [6.45, 7) is 4.12. The highest BCUT2D eigenvalue weighted by Crippen LogP contribution is 2.36. The minimum Gasteiger partial charge on any atom is -0.390 e. The number of aliphatic hydroxyl groups is 2. The van der Waals surface area contributed by atoms with Gasteiger partial charge in [0, 0.05) is 0 Å². The first kappa shape index (κ1) is 7.03. The van der Waals surface area contributed by atoms with Crippen molar-refractivity contribution in [1.29, 1.82) is 0 Å². The molecule has 1 rings (SSSR count). The van der Waals surface area contributed by atoms with Crippen molar-refractivity contribution in [1.82, 2.24) is 0 Å². The third-order valence-electron chi connectivity index (χ3n) is 1.97. The summed E-state index contributed by atoms with van der Waals surface area (Å²) in [6.07, 6.45) is 0.488. The van der Waals surface area contributed by atoms with Crippen molar-refractivity contribution >= 4 is 0 Å². The average Bonchev–Trinajstić information content (AvgIpc) is 1.79. The van der Waals surface area contributed by atoms with Gasteiger partial charge in [0.1, 0.15) is 0 Å². The Balaban J connectivity index is 2.54. The summed E-state index contributed by atoms with van der Waals surface area (Å²) in [7, 11) is 0. The summed E-state index contributed by atoms with van der Waals surface area (Å²) in [6, 6.07) is 0. The SMILES string of the molecule is CC1(C)C[C@H](O)[C@@H](O)C1. The third kappa shape index (κ3) is 1.43. The molecule has 1 saturated carbocycles. The van der Waals surface area contributed by atoms with Crippen molar-refractivity contribution in [2.24, 2.45) is 5.41 Å². The molecule has 1 fully saturated rings. The van der Waals surface area contributed by atoms with Crippen LogP contribution in [0.4, 0.5) is 0 Å². The van der Waals surface area contributed by atoms with E-state index in [1.807, 2.05) is 0 Å². The Kier molecular flexibility index (Phi) is 1.53. The molecular weight excluding hydrogens is 116 g/mol. The van der Waals surface area contributed by atoms with Gasteiger partial charge in [0.2, 0.25) is 0 Å². The van der Waals surface area contributed by atoms with Gasteiger partial charge >= 0.3 is 0 Å². The number of hydrogen-bond donors (Lipinski definition) is 2. The van der Waals surface area contributed by atoms with Gasteiger partial charge in [0.15, 0.2) is 0 Å². The predicted molar refractivity (Wildman–Crippen MR) is 35.0 cm³/mol. The fraction of sp³-hybridized carbons (Fsp3) is 1.00. The van der Waals surface area contributed by atoms with Crippen molar-refractivity contribution < 1.29 is 10.2 Å². The zero-order valence-corrected chi connectivity index (χ0v) is 5.96. The second-order valence-electron chi connectivity index (χ2n) is 3.71. The molecule has 0 heterocycles. The first-order chi connectivity index (χ1) is 4.01. The molecule has 0 spiro atoms. The largest absolute Gasteiger partial charge is 0.390 e.